The first-order chi connectivity index (χ1) is 15.5. The van der Waals surface area contributed by atoms with Gasteiger partial charge in [0, 0.05) is 31.9 Å². The van der Waals surface area contributed by atoms with E-state index in [9.17, 15) is 0 Å². The third-order valence-electron chi connectivity index (χ3n) is 5.67. The molecule has 5 rings (SSSR count). The predicted molar refractivity (Wildman–Crippen MR) is 127 cm³/mol. The van der Waals surface area contributed by atoms with Crippen LogP contribution >= 0.6 is 11.6 Å². The molecule has 1 saturated heterocycles. The number of fused-ring (bicyclic) bond motifs is 1. The monoisotopic (exact) mass is 449 g/mol. The number of aryl methyl sites for hydroxylation is 2. The minimum atomic E-state index is 0.273. The van der Waals surface area contributed by atoms with Crippen LogP contribution in [0.25, 0.3) is 11.0 Å². The van der Waals surface area contributed by atoms with E-state index in [0.29, 0.717) is 16.8 Å². The number of hydrogen-bond acceptors (Lipinski definition) is 8. The highest BCUT2D eigenvalue weighted by molar-refractivity contribution is 6.32. The normalized spacial score (nSPS) is 14.7. The zero-order valence-electron chi connectivity index (χ0n) is 18.0. The Bertz CT molecular complexity index is 1230. The van der Waals surface area contributed by atoms with Crippen molar-refractivity contribution in [2.45, 2.75) is 25.8 Å². The summed E-state index contributed by atoms with van der Waals surface area (Å²) < 4.78 is 1.98. The molecular weight excluding hydrogens is 426 g/mol. The molecule has 10 heteroatoms. The third kappa shape index (κ3) is 4.29. The van der Waals surface area contributed by atoms with Crippen LogP contribution in [0.3, 0.4) is 0 Å². The third-order valence-corrected chi connectivity index (χ3v) is 5.95. The van der Waals surface area contributed by atoms with Gasteiger partial charge >= 0.3 is 0 Å². The fourth-order valence-electron chi connectivity index (χ4n) is 3.88. The molecule has 0 unspecified atom stereocenters. The highest BCUT2D eigenvalue weighted by Gasteiger charge is 2.21. The van der Waals surface area contributed by atoms with Gasteiger partial charge in [0.15, 0.2) is 11.6 Å². The largest absolute Gasteiger partial charge is 0.366 e. The van der Waals surface area contributed by atoms with Crippen molar-refractivity contribution in [2.24, 2.45) is 7.05 Å². The van der Waals surface area contributed by atoms with E-state index < -0.39 is 0 Å². The van der Waals surface area contributed by atoms with Crippen LogP contribution in [-0.4, -0.2) is 48.8 Å². The maximum atomic E-state index is 6.38. The van der Waals surface area contributed by atoms with Gasteiger partial charge < -0.3 is 20.1 Å². The molecule has 1 aliphatic rings. The fourth-order valence-corrected chi connectivity index (χ4v) is 4.02. The molecule has 2 N–H and O–H groups in total. The number of imidazole rings is 1. The SMILES string of the molecule is Cc1ccc(N2CCC(Nc3nc(Nc4ccc5c(c4)ncn5C)ncc3Cl)CC2)nn1. The minimum absolute atomic E-state index is 0.273. The van der Waals surface area contributed by atoms with Crippen LogP contribution in [0.5, 0.6) is 0 Å². The molecule has 32 heavy (non-hydrogen) atoms. The predicted octanol–water partition coefficient (Wildman–Crippen LogP) is 3.94. The molecule has 0 amide bonds. The number of piperidine rings is 1. The zero-order chi connectivity index (χ0) is 22.1. The molecule has 0 bridgehead atoms. The summed E-state index contributed by atoms with van der Waals surface area (Å²) in [6.45, 7) is 3.74. The van der Waals surface area contributed by atoms with Crippen molar-refractivity contribution in [1.82, 2.24) is 29.7 Å². The molecule has 4 aromatic rings. The number of anilines is 4. The summed E-state index contributed by atoms with van der Waals surface area (Å²) in [5.41, 5.74) is 3.78. The van der Waals surface area contributed by atoms with Crippen LogP contribution in [0.4, 0.5) is 23.3 Å². The first-order valence-electron chi connectivity index (χ1n) is 10.6. The summed E-state index contributed by atoms with van der Waals surface area (Å²) in [7, 11) is 1.97. The van der Waals surface area contributed by atoms with E-state index in [2.05, 4.69) is 40.7 Å². The van der Waals surface area contributed by atoms with Crippen LogP contribution in [0, 0.1) is 6.92 Å². The maximum absolute atomic E-state index is 6.38. The number of nitrogens with one attached hydrogen (secondary N) is 2. The van der Waals surface area contributed by atoms with Gasteiger partial charge in [-0.25, -0.2) is 9.97 Å². The fraction of sp³-hybridized carbons (Fsp3) is 0.318. The van der Waals surface area contributed by atoms with E-state index in [0.717, 1.165) is 54.2 Å². The Morgan fingerprint density at radius 1 is 1.06 bits per heavy atom. The van der Waals surface area contributed by atoms with Crippen LogP contribution < -0.4 is 15.5 Å². The molecule has 0 spiro atoms. The lowest BCUT2D eigenvalue weighted by molar-refractivity contribution is 0.521. The van der Waals surface area contributed by atoms with Gasteiger partial charge in [0.25, 0.3) is 0 Å². The van der Waals surface area contributed by atoms with Gasteiger partial charge in [0.2, 0.25) is 5.95 Å². The van der Waals surface area contributed by atoms with Gasteiger partial charge in [0.1, 0.15) is 5.02 Å². The van der Waals surface area contributed by atoms with E-state index >= 15 is 0 Å². The van der Waals surface area contributed by atoms with Gasteiger partial charge in [-0.15, -0.1) is 5.10 Å². The van der Waals surface area contributed by atoms with Crippen molar-refractivity contribution in [3.8, 4) is 0 Å². The first kappa shape index (κ1) is 20.4. The molecule has 9 nitrogen and oxygen atoms in total. The topological polar surface area (TPSA) is 96.7 Å². The molecule has 0 atom stereocenters. The molecule has 0 saturated carbocycles. The number of aromatic nitrogens is 6. The molecule has 1 aromatic carbocycles. The highest BCUT2D eigenvalue weighted by atomic mass is 35.5. The number of benzene rings is 1. The van der Waals surface area contributed by atoms with Gasteiger partial charge in [0.05, 0.1) is 29.3 Å². The van der Waals surface area contributed by atoms with Crippen molar-refractivity contribution < 1.29 is 0 Å². The summed E-state index contributed by atoms with van der Waals surface area (Å²) in [5.74, 6) is 2.04. The second kappa shape index (κ2) is 8.58. The summed E-state index contributed by atoms with van der Waals surface area (Å²) in [5, 5.41) is 15.7. The second-order valence-electron chi connectivity index (χ2n) is 8.01. The lowest BCUT2D eigenvalue weighted by Gasteiger charge is -2.33. The summed E-state index contributed by atoms with van der Waals surface area (Å²) >= 11 is 6.38. The second-order valence-corrected chi connectivity index (χ2v) is 8.42. The van der Waals surface area contributed by atoms with Crippen LogP contribution in [0.15, 0.2) is 42.9 Å². The summed E-state index contributed by atoms with van der Waals surface area (Å²) in [6, 6.07) is 10.3. The average molecular weight is 450 g/mol. The van der Waals surface area contributed by atoms with E-state index in [1.807, 2.05) is 48.9 Å². The molecular formula is C22H24ClN9. The summed E-state index contributed by atoms with van der Waals surface area (Å²) in [6.07, 6.45) is 5.32. The van der Waals surface area contributed by atoms with E-state index in [-0.39, 0.29) is 6.04 Å². The molecule has 1 aliphatic heterocycles. The van der Waals surface area contributed by atoms with Gasteiger partial charge in [-0.05, 0) is 50.1 Å². The Morgan fingerprint density at radius 2 is 1.91 bits per heavy atom. The van der Waals surface area contributed by atoms with Crippen molar-refractivity contribution in [3.05, 3.63) is 53.6 Å². The van der Waals surface area contributed by atoms with Crippen molar-refractivity contribution in [2.75, 3.05) is 28.6 Å². The Labute approximate surface area is 190 Å². The Hall–Kier alpha value is -3.46. The van der Waals surface area contributed by atoms with Gasteiger partial charge in [-0.1, -0.05) is 11.6 Å². The van der Waals surface area contributed by atoms with Gasteiger partial charge in [-0.3, -0.25) is 0 Å². The van der Waals surface area contributed by atoms with Crippen LogP contribution in [-0.2, 0) is 7.05 Å². The van der Waals surface area contributed by atoms with Crippen LogP contribution in [0.2, 0.25) is 5.02 Å². The molecule has 3 aromatic heterocycles. The summed E-state index contributed by atoms with van der Waals surface area (Å²) in [4.78, 5) is 15.6. The number of rotatable bonds is 5. The smallest absolute Gasteiger partial charge is 0.229 e. The zero-order valence-corrected chi connectivity index (χ0v) is 18.7. The number of nitrogens with zero attached hydrogens (tertiary/aromatic N) is 7. The number of hydrogen-bond donors (Lipinski definition) is 2. The first-order valence-corrected chi connectivity index (χ1v) is 11.0. The molecule has 0 radical (unpaired) electrons. The molecule has 1 fully saturated rings. The molecule has 0 aliphatic carbocycles. The van der Waals surface area contributed by atoms with Crippen molar-refractivity contribution >= 4 is 45.9 Å². The Balaban J connectivity index is 1.24. The average Bonchev–Trinajstić information content (AvgIpc) is 3.17. The quantitative estimate of drug-likeness (QED) is 0.473. The van der Waals surface area contributed by atoms with E-state index in [4.69, 9.17) is 11.6 Å². The highest BCUT2D eigenvalue weighted by Crippen LogP contribution is 2.26. The number of halogens is 1. The Morgan fingerprint density at radius 3 is 2.69 bits per heavy atom. The van der Waals surface area contributed by atoms with Crippen molar-refractivity contribution in [1.29, 1.82) is 0 Å². The van der Waals surface area contributed by atoms with E-state index in [1.54, 1.807) is 12.5 Å². The van der Waals surface area contributed by atoms with Gasteiger partial charge in [-0.2, -0.15) is 10.1 Å². The van der Waals surface area contributed by atoms with E-state index in [1.165, 1.54) is 0 Å². The van der Waals surface area contributed by atoms with Crippen molar-refractivity contribution in [3.63, 3.8) is 0 Å². The van der Waals surface area contributed by atoms with Crippen LogP contribution in [0.1, 0.15) is 18.5 Å². The Kier molecular flexibility index (Phi) is 5.48. The standard InChI is InChI=1S/C22H24ClN9/c1-14-3-6-20(30-29-14)32-9-7-15(8-10-32)26-21-17(23)12-24-22(28-21)27-16-4-5-19-18(11-16)25-13-31(19)2/h3-6,11-13,15H,7-10H2,1-2H3,(H2,24,26,27,28). The molecule has 4 heterocycles. The molecule has 164 valence electrons. The lowest BCUT2D eigenvalue weighted by atomic mass is 10.1. The maximum Gasteiger partial charge on any atom is 0.229 e. The lowest BCUT2D eigenvalue weighted by Crippen LogP contribution is -2.39. The minimum Gasteiger partial charge on any atom is -0.366 e.